The van der Waals surface area contributed by atoms with Crippen LogP contribution >= 0.6 is 46.9 Å². The summed E-state index contributed by atoms with van der Waals surface area (Å²) in [6, 6.07) is 0. The van der Waals surface area contributed by atoms with Crippen molar-refractivity contribution in [1.82, 2.24) is 12.3 Å². The zero-order valence-corrected chi connectivity index (χ0v) is 20.0. The zero-order chi connectivity index (χ0) is 27.0. The fourth-order valence-corrected chi connectivity index (χ4v) is 0. The quantitative estimate of drug-likeness (QED) is 0.112. The van der Waals surface area contributed by atoms with Gasteiger partial charge in [0.05, 0.1) is 0 Å². The first-order valence-electron chi connectivity index (χ1n) is 4.70. The molecule has 0 aliphatic heterocycles. The Morgan fingerprint density at radius 3 is 0.219 bits per heavy atom. The maximum atomic E-state index is 8.88. The molecule has 0 unspecified atom stereocenters. The average molecular weight is 622 g/mol. The Labute approximate surface area is 175 Å². The molecule has 0 saturated carbocycles. The first-order valence-corrected chi connectivity index (χ1v) is 14.1. The standard InChI is InChI=1S/2H3N.6H3O4P/c;;6*1-5(2,3)4/h2*1H3;6*(H3,1,2,3,4). The molecule has 0 aromatic heterocycles. The van der Waals surface area contributed by atoms with Crippen molar-refractivity contribution < 1.29 is 115 Å². The summed E-state index contributed by atoms with van der Waals surface area (Å²) in [5, 5.41) is 0. The van der Waals surface area contributed by atoms with Gasteiger partial charge < -0.3 is 100 Å². The van der Waals surface area contributed by atoms with E-state index in [4.69, 9.17) is 115 Å². The van der Waals surface area contributed by atoms with E-state index in [0.717, 1.165) is 0 Å². The molecule has 0 aliphatic rings. The molecule has 0 aromatic rings. The monoisotopic (exact) mass is 622 g/mol. The van der Waals surface area contributed by atoms with Crippen molar-refractivity contribution in [2.24, 2.45) is 0 Å². The van der Waals surface area contributed by atoms with Gasteiger partial charge in [0.1, 0.15) is 0 Å². The molecule has 0 bridgehead atoms. The maximum Gasteiger partial charge on any atom is 0.466 e. The van der Waals surface area contributed by atoms with Crippen LogP contribution in [0.15, 0.2) is 0 Å². The third-order valence-corrected chi connectivity index (χ3v) is 0. The molecule has 0 radical (unpaired) electrons. The third-order valence-electron chi connectivity index (χ3n) is 0. The van der Waals surface area contributed by atoms with Crippen LogP contribution in [-0.2, 0) is 27.4 Å². The largest absolute Gasteiger partial charge is 0.466 e. The zero-order valence-electron chi connectivity index (χ0n) is 14.6. The van der Waals surface area contributed by atoms with Gasteiger partial charge in [-0.3, -0.25) is 0 Å². The van der Waals surface area contributed by atoms with Crippen molar-refractivity contribution in [3.63, 3.8) is 0 Å². The summed E-state index contributed by atoms with van der Waals surface area (Å²) in [5.74, 6) is 0. The lowest BCUT2D eigenvalue weighted by Gasteiger charge is -1.82. The third kappa shape index (κ3) is 79500. The molecule has 0 heterocycles. The first-order chi connectivity index (χ1) is 12.0. The van der Waals surface area contributed by atoms with Gasteiger partial charge in [0.2, 0.25) is 0 Å². The maximum absolute atomic E-state index is 8.88. The molecular weight excluding hydrogens is 598 g/mol. The molecular formula is H24N2O24P6. The van der Waals surface area contributed by atoms with Crippen LogP contribution < -0.4 is 12.3 Å². The van der Waals surface area contributed by atoms with Crippen molar-refractivity contribution in [2.75, 3.05) is 0 Å². The van der Waals surface area contributed by atoms with Gasteiger partial charge in [0.15, 0.2) is 0 Å². The molecule has 0 spiro atoms. The second kappa shape index (κ2) is 22.1. The molecule has 32 heteroatoms. The Bertz CT molecular complexity index is 465. The van der Waals surface area contributed by atoms with E-state index in [9.17, 15) is 0 Å². The van der Waals surface area contributed by atoms with Crippen LogP contribution in [0.25, 0.3) is 0 Å². The van der Waals surface area contributed by atoms with Crippen LogP contribution in [0.5, 0.6) is 0 Å². The molecule has 208 valence electrons. The highest BCUT2D eigenvalue weighted by Crippen LogP contribution is 2.27. The topological polar surface area (TPSA) is 537 Å². The molecule has 26 nitrogen and oxygen atoms in total. The molecule has 0 fully saturated rings. The molecule has 0 aromatic carbocycles. The van der Waals surface area contributed by atoms with Crippen LogP contribution in [-0.4, -0.2) is 88.1 Å². The summed E-state index contributed by atoms with van der Waals surface area (Å²) in [6.07, 6.45) is 0. The summed E-state index contributed by atoms with van der Waals surface area (Å²) in [5.41, 5.74) is 0. The molecule has 32 heavy (non-hydrogen) atoms. The Morgan fingerprint density at radius 2 is 0.219 bits per heavy atom. The number of hydrogen-bond donors (Lipinski definition) is 20. The molecule has 0 rings (SSSR count). The van der Waals surface area contributed by atoms with Gasteiger partial charge >= 0.3 is 46.9 Å². The Balaban J connectivity index is -0.0000000356. The molecule has 0 atom stereocenters. The fraction of sp³-hybridized carbons (Fsp3) is 0. The van der Waals surface area contributed by atoms with Crippen molar-refractivity contribution in [3.8, 4) is 0 Å². The van der Waals surface area contributed by atoms with Crippen molar-refractivity contribution in [1.29, 1.82) is 0 Å². The van der Waals surface area contributed by atoms with Crippen molar-refractivity contribution in [3.05, 3.63) is 0 Å². The normalized spacial score (nSPS) is 11.1. The second-order valence-corrected chi connectivity index (χ2v) is 9.24. The summed E-state index contributed by atoms with van der Waals surface area (Å²) in [7, 11) is -27.8. The first kappa shape index (κ1) is 53.8. The minimum Gasteiger partial charge on any atom is -0.344 e. The van der Waals surface area contributed by atoms with Gasteiger partial charge in [-0.2, -0.15) is 0 Å². The van der Waals surface area contributed by atoms with Crippen molar-refractivity contribution in [2.45, 2.75) is 0 Å². The van der Waals surface area contributed by atoms with Crippen LogP contribution in [0.2, 0.25) is 0 Å². The highest BCUT2D eigenvalue weighted by atomic mass is 31.2. The van der Waals surface area contributed by atoms with Crippen LogP contribution in [0.3, 0.4) is 0 Å². The lowest BCUT2D eigenvalue weighted by atomic mass is 14.0. The minimum atomic E-state index is -4.64. The summed E-state index contributed by atoms with van der Waals surface area (Å²) in [4.78, 5) is 129. The van der Waals surface area contributed by atoms with E-state index in [1.807, 2.05) is 0 Å². The van der Waals surface area contributed by atoms with E-state index in [0.29, 0.717) is 0 Å². The Kier molecular flexibility index (Phi) is 37.1. The SMILES string of the molecule is N.N.O=P(O)(O)O.O=P(O)(O)O.O=P(O)(O)O.O=P(O)(O)O.O=P(O)(O)O.O=P(O)(O)O. The number of phosphoric acid groups is 6. The molecule has 0 saturated heterocycles. The van der Waals surface area contributed by atoms with Gasteiger partial charge in [-0.15, -0.1) is 0 Å². The summed E-state index contributed by atoms with van der Waals surface area (Å²) < 4.78 is 53.3. The fourth-order valence-electron chi connectivity index (χ4n) is 0. The smallest absolute Gasteiger partial charge is 0.344 e. The van der Waals surface area contributed by atoms with E-state index in [1.165, 1.54) is 0 Å². The van der Waals surface area contributed by atoms with E-state index in [-0.39, 0.29) is 12.3 Å². The Morgan fingerprint density at radius 1 is 0.219 bits per heavy atom. The lowest BCUT2D eigenvalue weighted by Crippen LogP contribution is -1.66. The van der Waals surface area contributed by atoms with Gasteiger partial charge in [-0.05, 0) is 0 Å². The predicted octanol–water partition coefficient (Wildman–Crippen LogP) is -5.25. The molecule has 24 N–H and O–H groups in total. The van der Waals surface area contributed by atoms with E-state index < -0.39 is 46.9 Å². The summed E-state index contributed by atoms with van der Waals surface area (Å²) in [6.45, 7) is 0. The molecule has 0 amide bonds. The molecule has 0 aliphatic carbocycles. The Hall–Kier alpha value is 0.580. The predicted molar refractivity (Wildman–Crippen MR) is 95.6 cm³/mol. The van der Waals surface area contributed by atoms with Gasteiger partial charge in [-0.25, -0.2) is 27.4 Å². The van der Waals surface area contributed by atoms with E-state index in [1.54, 1.807) is 0 Å². The number of hydrogen-bond acceptors (Lipinski definition) is 8. The second-order valence-electron chi connectivity index (χ2n) is 3.08. The highest BCUT2D eigenvalue weighted by molar-refractivity contribution is 7.46. The van der Waals surface area contributed by atoms with Gasteiger partial charge in [0.25, 0.3) is 0 Å². The van der Waals surface area contributed by atoms with Crippen LogP contribution in [0, 0.1) is 0 Å². The van der Waals surface area contributed by atoms with E-state index in [2.05, 4.69) is 0 Å². The average Bonchev–Trinajstić information content (AvgIpc) is 1.94. The van der Waals surface area contributed by atoms with Crippen molar-refractivity contribution >= 4 is 46.9 Å². The lowest BCUT2D eigenvalue weighted by molar-refractivity contribution is 0.272. The summed E-state index contributed by atoms with van der Waals surface area (Å²) >= 11 is 0. The van der Waals surface area contributed by atoms with E-state index >= 15 is 0 Å². The van der Waals surface area contributed by atoms with Crippen LogP contribution in [0.4, 0.5) is 0 Å². The van der Waals surface area contributed by atoms with Crippen LogP contribution in [0.1, 0.15) is 0 Å². The minimum absolute atomic E-state index is 0. The van der Waals surface area contributed by atoms with Gasteiger partial charge in [0, 0.05) is 0 Å². The highest BCUT2D eigenvalue weighted by Gasteiger charge is 2.02. The number of rotatable bonds is 0. The van der Waals surface area contributed by atoms with Gasteiger partial charge in [-0.1, -0.05) is 0 Å².